The first-order chi connectivity index (χ1) is 6.47. The molecule has 5 nitrogen and oxygen atoms in total. The minimum atomic E-state index is -3.16. The predicted octanol–water partition coefficient (Wildman–Crippen LogP) is -0.337. The molecular weight excluding hydrogens is 240 g/mol. The summed E-state index contributed by atoms with van der Waals surface area (Å²) in [5.41, 5.74) is 5.76. The molecule has 1 fully saturated rings. The molecule has 0 spiro atoms. The largest absolute Gasteiger partial charge is 0.384 e. The number of ether oxygens (including phenoxy) is 1. The monoisotopic (exact) mass is 258 g/mol. The van der Waals surface area contributed by atoms with Crippen molar-refractivity contribution in [2.24, 2.45) is 11.7 Å². The van der Waals surface area contributed by atoms with Crippen LogP contribution in [0.5, 0.6) is 0 Å². The van der Waals surface area contributed by atoms with Crippen molar-refractivity contribution in [3.05, 3.63) is 0 Å². The number of halogens is 1. The van der Waals surface area contributed by atoms with Crippen LogP contribution in [0.1, 0.15) is 6.92 Å². The number of nitrogens with zero attached hydrogens (tertiary/aromatic N) is 1. The smallest absolute Gasteiger partial charge is 0.216 e. The van der Waals surface area contributed by atoms with Gasteiger partial charge in [-0.3, -0.25) is 0 Å². The summed E-state index contributed by atoms with van der Waals surface area (Å²) in [5, 5.41) is 0. The zero-order chi connectivity index (χ0) is 10.8. The molecule has 0 bridgehead atoms. The maximum atomic E-state index is 11.7. The lowest BCUT2D eigenvalue weighted by molar-refractivity contribution is 0.215. The molecule has 1 rings (SSSR count). The number of hydrogen-bond acceptors (Lipinski definition) is 4. The third-order valence-electron chi connectivity index (χ3n) is 2.58. The highest BCUT2D eigenvalue weighted by Gasteiger charge is 2.33. The summed E-state index contributed by atoms with van der Waals surface area (Å²) in [6.45, 7) is 3.18. The molecule has 0 radical (unpaired) electrons. The minimum absolute atomic E-state index is 0. The van der Waals surface area contributed by atoms with Crippen molar-refractivity contribution in [2.45, 2.75) is 13.0 Å². The summed E-state index contributed by atoms with van der Waals surface area (Å²) < 4.78 is 29.6. The van der Waals surface area contributed by atoms with Crippen molar-refractivity contribution >= 4 is 22.4 Å². The Morgan fingerprint density at radius 1 is 1.47 bits per heavy atom. The van der Waals surface area contributed by atoms with Crippen molar-refractivity contribution in [1.29, 1.82) is 0 Å². The average Bonchev–Trinajstić information content (AvgIpc) is 2.45. The molecule has 1 aliphatic rings. The molecule has 1 aliphatic heterocycles. The van der Waals surface area contributed by atoms with Crippen LogP contribution in [0.15, 0.2) is 0 Å². The van der Waals surface area contributed by atoms with Crippen molar-refractivity contribution in [3.63, 3.8) is 0 Å². The molecule has 0 aromatic heterocycles. The van der Waals surface area contributed by atoms with Crippen LogP contribution in [0.3, 0.4) is 0 Å². The molecule has 15 heavy (non-hydrogen) atoms. The van der Waals surface area contributed by atoms with Crippen LogP contribution >= 0.6 is 12.4 Å². The maximum Gasteiger partial charge on any atom is 0.216 e. The Morgan fingerprint density at radius 2 is 2.07 bits per heavy atom. The number of sulfonamides is 1. The molecule has 2 unspecified atom stereocenters. The highest BCUT2D eigenvalue weighted by Crippen LogP contribution is 2.18. The van der Waals surface area contributed by atoms with Crippen LogP contribution in [0.25, 0.3) is 0 Å². The number of hydrogen-bond donors (Lipinski definition) is 1. The van der Waals surface area contributed by atoms with Crippen molar-refractivity contribution in [3.8, 4) is 0 Å². The molecular formula is C8H19ClN2O3S. The number of nitrogens with two attached hydrogens (primary N) is 1. The van der Waals surface area contributed by atoms with E-state index in [2.05, 4.69) is 0 Å². The van der Waals surface area contributed by atoms with Crippen molar-refractivity contribution in [1.82, 2.24) is 4.31 Å². The van der Waals surface area contributed by atoms with Gasteiger partial charge in [-0.25, -0.2) is 8.42 Å². The first-order valence-electron chi connectivity index (χ1n) is 4.69. The summed E-state index contributed by atoms with van der Waals surface area (Å²) in [6, 6.07) is -0.0349. The average molecular weight is 259 g/mol. The van der Waals surface area contributed by atoms with Gasteiger partial charge < -0.3 is 10.5 Å². The Bertz CT molecular complexity index is 274. The highest BCUT2D eigenvalue weighted by atomic mass is 35.5. The van der Waals surface area contributed by atoms with E-state index in [4.69, 9.17) is 10.5 Å². The molecule has 2 N–H and O–H groups in total. The van der Waals surface area contributed by atoms with Gasteiger partial charge in [-0.15, -0.1) is 12.4 Å². The normalized spacial score (nSPS) is 27.7. The van der Waals surface area contributed by atoms with Crippen LogP contribution in [0, 0.1) is 5.92 Å². The molecule has 0 aromatic rings. The lowest BCUT2D eigenvalue weighted by Gasteiger charge is -2.15. The highest BCUT2D eigenvalue weighted by molar-refractivity contribution is 7.89. The fourth-order valence-corrected chi connectivity index (χ4v) is 2.99. The van der Waals surface area contributed by atoms with Gasteiger partial charge in [0.15, 0.2) is 0 Å². The Labute approximate surface area is 97.4 Å². The molecule has 0 saturated carbocycles. The molecule has 7 heteroatoms. The van der Waals surface area contributed by atoms with Crippen LogP contribution in [-0.2, 0) is 14.8 Å². The van der Waals surface area contributed by atoms with Gasteiger partial charge in [-0.2, -0.15) is 4.31 Å². The van der Waals surface area contributed by atoms with Gasteiger partial charge in [0.05, 0.1) is 12.4 Å². The van der Waals surface area contributed by atoms with E-state index in [0.717, 1.165) is 0 Å². The van der Waals surface area contributed by atoms with Crippen molar-refractivity contribution in [2.75, 3.05) is 32.6 Å². The topological polar surface area (TPSA) is 72.6 Å². The van der Waals surface area contributed by atoms with E-state index in [1.165, 1.54) is 11.4 Å². The first kappa shape index (κ1) is 15.1. The van der Waals surface area contributed by atoms with E-state index in [0.29, 0.717) is 13.1 Å². The van der Waals surface area contributed by atoms with E-state index in [1.54, 1.807) is 0 Å². The van der Waals surface area contributed by atoms with Gasteiger partial charge in [0, 0.05) is 26.2 Å². The first-order valence-corrected chi connectivity index (χ1v) is 6.30. The Balaban J connectivity index is 0.00000196. The molecule has 1 saturated heterocycles. The lowest BCUT2D eigenvalue weighted by atomic mass is 10.1. The summed E-state index contributed by atoms with van der Waals surface area (Å²) in [4.78, 5) is 0. The SMILES string of the molecule is COCCS(=O)(=O)N1CC(C)C(N)C1.Cl. The van der Waals surface area contributed by atoms with Crippen LogP contribution in [-0.4, -0.2) is 51.3 Å². The second-order valence-corrected chi connectivity index (χ2v) is 5.86. The Kier molecular flexibility index (Phi) is 6.05. The van der Waals surface area contributed by atoms with E-state index in [-0.39, 0.29) is 36.7 Å². The third kappa shape index (κ3) is 3.88. The lowest BCUT2D eigenvalue weighted by Crippen LogP contribution is -2.34. The zero-order valence-corrected chi connectivity index (χ0v) is 10.7. The zero-order valence-electron chi connectivity index (χ0n) is 9.05. The van der Waals surface area contributed by atoms with Gasteiger partial charge in [0.25, 0.3) is 0 Å². The fraction of sp³-hybridized carbons (Fsp3) is 1.00. The molecule has 1 heterocycles. The predicted molar refractivity (Wildman–Crippen MR) is 61.6 cm³/mol. The summed E-state index contributed by atoms with van der Waals surface area (Å²) >= 11 is 0. The van der Waals surface area contributed by atoms with E-state index < -0.39 is 10.0 Å². The van der Waals surface area contributed by atoms with Crippen LogP contribution < -0.4 is 5.73 Å². The summed E-state index contributed by atoms with van der Waals surface area (Å²) in [7, 11) is -1.67. The van der Waals surface area contributed by atoms with E-state index in [1.807, 2.05) is 6.92 Å². The Morgan fingerprint density at radius 3 is 2.47 bits per heavy atom. The standard InChI is InChI=1S/C8H18N2O3S.ClH/c1-7-5-10(6-8(7)9)14(11,12)4-3-13-2;/h7-8H,3-6,9H2,1-2H3;1H. The number of methoxy groups -OCH3 is 1. The maximum absolute atomic E-state index is 11.7. The second kappa shape index (κ2) is 6.00. The second-order valence-electron chi connectivity index (χ2n) is 3.77. The van der Waals surface area contributed by atoms with E-state index >= 15 is 0 Å². The number of rotatable bonds is 4. The molecule has 0 aromatic carbocycles. The quantitative estimate of drug-likeness (QED) is 0.749. The van der Waals surface area contributed by atoms with Gasteiger partial charge >= 0.3 is 0 Å². The van der Waals surface area contributed by atoms with E-state index in [9.17, 15) is 8.42 Å². The molecule has 92 valence electrons. The van der Waals surface area contributed by atoms with Crippen LogP contribution in [0.2, 0.25) is 0 Å². The molecule has 2 atom stereocenters. The summed E-state index contributed by atoms with van der Waals surface area (Å²) in [6.07, 6.45) is 0. The molecule has 0 amide bonds. The van der Waals surface area contributed by atoms with Gasteiger partial charge in [-0.05, 0) is 5.92 Å². The van der Waals surface area contributed by atoms with Gasteiger partial charge in [-0.1, -0.05) is 6.92 Å². The fourth-order valence-electron chi connectivity index (χ4n) is 1.49. The third-order valence-corrected chi connectivity index (χ3v) is 4.34. The van der Waals surface area contributed by atoms with Crippen molar-refractivity contribution < 1.29 is 13.2 Å². The summed E-state index contributed by atoms with van der Waals surface area (Å²) in [5.74, 6) is 0.287. The van der Waals surface area contributed by atoms with Gasteiger partial charge in [0.2, 0.25) is 10.0 Å². The van der Waals surface area contributed by atoms with Gasteiger partial charge in [0.1, 0.15) is 0 Å². The minimum Gasteiger partial charge on any atom is -0.384 e. The Hall–Kier alpha value is 0.120. The molecule has 0 aliphatic carbocycles. The van der Waals surface area contributed by atoms with Crippen LogP contribution in [0.4, 0.5) is 0 Å².